The largest absolute Gasteiger partial charge is 0.478 e. The summed E-state index contributed by atoms with van der Waals surface area (Å²) in [4.78, 5) is 43.0. The first-order chi connectivity index (χ1) is 41.7. The molecule has 3 aliphatic heterocycles. The fourth-order valence-corrected chi connectivity index (χ4v) is 12.4. The summed E-state index contributed by atoms with van der Waals surface area (Å²) in [6.07, 6.45) is 3.30. The van der Waals surface area contributed by atoms with Gasteiger partial charge in [0, 0.05) is 118 Å². The van der Waals surface area contributed by atoms with Crippen LogP contribution >= 0.6 is 89.3 Å². The third-order valence-electron chi connectivity index (χ3n) is 16.7. The van der Waals surface area contributed by atoms with E-state index in [2.05, 4.69) is 196 Å². The van der Waals surface area contributed by atoms with E-state index in [1.165, 1.54) is 54.7 Å². The highest BCUT2D eigenvalue weighted by atomic mass is 35.5. The van der Waals surface area contributed by atoms with Crippen molar-refractivity contribution < 1.29 is 19.5 Å². The second-order valence-electron chi connectivity index (χ2n) is 23.1. The monoisotopic (exact) mass is 1380 g/mol. The van der Waals surface area contributed by atoms with Crippen LogP contribution in [0.25, 0.3) is 32.3 Å². The van der Waals surface area contributed by atoms with E-state index in [0.29, 0.717) is 35.3 Å². The predicted molar refractivity (Wildman–Crippen MR) is 411 cm³/mol. The van der Waals surface area contributed by atoms with Gasteiger partial charge >= 0.3 is 5.97 Å². The number of nitrogens with zero attached hydrogens (tertiary/aromatic N) is 4. The van der Waals surface area contributed by atoms with Gasteiger partial charge in [-0.3, -0.25) is 9.59 Å². The van der Waals surface area contributed by atoms with Gasteiger partial charge in [-0.2, -0.15) is 40.5 Å². The van der Waals surface area contributed by atoms with Crippen molar-refractivity contribution in [3.05, 3.63) is 234 Å². The van der Waals surface area contributed by atoms with Crippen molar-refractivity contribution in [2.75, 3.05) is 82.2 Å². The zero-order chi connectivity index (χ0) is 60.7. The number of fused-ring (bicyclic) bond motifs is 3. The third-order valence-corrected chi connectivity index (χ3v) is 16.9. The van der Waals surface area contributed by atoms with E-state index in [0.717, 1.165) is 75.5 Å². The zero-order valence-corrected chi connectivity index (χ0v) is 59.6. The number of rotatable bonds is 15. The quantitative estimate of drug-likeness (QED) is 0.0629. The second-order valence-corrected chi connectivity index (χ2v) is 23.4. The standard InChI is InChI=1S/C25H29N3O.C23H23ClN2O.C23H24N2O2.C2H7N.3ClH.3H2S/c1-18(23-10-6-8-19-7-4-5-9-24(19)23)26-21-15-16-28(17-21)22-13-11-20(12-14-22)25(29)27(2)3;1-16(21-8-4-6-17-5-2-3-7-22(17)21)25-19-13-14-26(15-19)20-11-9-18(10-12-20)23(24)27;1-16(21-8-4-6-17-5-2-3-7-22(17)21)24-19-13-14-25(15-19)20-11-9-18(10-12-20)23(26)27;1-3-2;;;;;;/h4-14,18,21,26H,15-17H2,1-3H3;2-12,16,19,25H,13-15H2,1H3;2-12,16,19,24H,13-15H2,1H3,(H,26,27);3H,1-2H3;3*1H;3*1H2/t18-,21+;2*16-,19+;;;;;;;/m111......./s1. The zero-order valence-electron chi connectivity index (χ0n) is 53.4. The highest BCUT2D eigenvalue weighted by Crippen LogP contribution is 2.31. The Balaban J connectivity index is 0.000000342. The molecule has 12 nitrogen and oxygen atoms in total. The average molecular weight is 1380 g/mol. The van der Waals surface area contributed by atoms with E-state index >= 15 is 0 Å². The average Bonchev–Trinajstić information content (AvgIpc) is 1.21. The summed E-state index contributed by atoms with van der Waals surface area (Å²) in [6.45, 7) is 12.6. The van der Waals surface area contributed by atoms with Gasteiger partial charge in [0.1, 0.15) is 0 Å². The molecule has 3 heterocycles. The molecule has 9 aromatic rings. The van der Waals surface area contributed by atoms with E-state index in [1.807, 2.05) is 50.5 Å². The van der Waals surface area contributed by atoms with E-state index < -0.39 is 11.2 Å². The molecule has 0 unspecified atom stereocenters. The van der Waals surface area contributed by atoms with Crippen molar-refractivity contribution in [1.29, 1.82) is 0 Å². The molecule has 0 aromatic heterocycles. The van der Waals surface area contributed by atoms with Crippen LogP contribution in [-0.4, -0.2) is 113 Å². The normalized spacial score (nSPS) is 16.3. The number of carboxylic acids is 1. The van der Waals surface area contributed by atoms with E-state index in [-0.39, 0.29) is 95.7 Å². The van der Waals surface area contributed by atoms with Crippen molar-refractivity contribution in [1.82, 2.24) is 26.2 Å². The summed E-state index contributed by atoms with van der Waals surface area (Å²) in [7, 11) is 7.31. The lowest BCUT2D eigenvalue weighted by Gasteiger charge is -2.23. The van der Waals surface area contributed by atoms with Crippen molar-refractivity contribution in [3.63, 3.8) is 0 Å². The van der Waals surface area contributed by atoms with Gasteiger partial charge in [0.15, 0.2) is 0 Å². The molecule has 0 bridgehead atoms. The van der Waals surface area contributed by atoms with Gasteiger partial charge in [0.25, 0.3) is 11.1 Å². The molecule has 3 saturated heterocycles. The Morgan fingerprint density at radius 3 is 0.989 bits per heavy atom. The summed E-state index contributed by atoms with van der Waals surface area (Å²) < 4.78 is 0. The molecule has 5 N–H and O–H groups in total. The molecule has 0 radical (unpaired) electrons. The van der Waals surface area contributed by atoms with Crippen molar-refractivity contribution >= 4 is 156 Å². The first kappa shape index (κ1) is 80.1. The van der Waals surface area contributed by atoms with Crippen LogP contribution in [0.1, 0.15) is 106 Å². The molecule has 0 spiro atoms. The molecular weight excluding hydrogens is 1290 g/mol. The number of nitrogens with one attached hydrogen (secondary N) is 4. The van der Waals surface area contributed by atoms with Gasteiger partial charge in [-0.15, -0.1) is 37.2 Å². The lowest BCUT2D eigenvalue weighted by Crippen LogP contribution is -2.34. The lowest BCUT2D eigenvalue weighted by molar-refractivity contribution is 0.0696. The number of benzene rings is 9. The lowest BCUT2D eigenvalue weighted by atomic mass is 9.99. The van der Waals surface area contributed by atoms with Crippen LogP contribution < -0.4 is 36.0 Å². The van der Waals surface area contributed by atoms with Crippen LogP contribution in [0.2, 0.25) is 0 Å². The Kier molecular flexibility index (Phi) is 33.8. The number of amides is 1. The molecule has 92 heavy (non-hydrogen) atoms. The maximum atomic E-state index is 12.1. The van der Waals surface area contributed by atoms with Crippen molar-refractivity contribution in [2.24, 2.45) is 0 Å². The number of carboxylic acid groups (broad SMARTS) is 1. The summed E-state index contributed by atoms with van der Waals surface area (Å²) in [5, 5.41) is 30.6. The Morgan fingerprint density at radius 2 is 0.707 bits per heavy atom. The van der Waals surface area contributed by atoms with Crippen LogP contribution in [0.15, 0.2) is 200 Å². The SMILES string of the molecule is CNC.C[C@@H](N[C@H]1CCN(c2ccc(C(=O)Cl)cc2)C1)c1cccc2ccccc12.C[C@@H](N[C@H]1CCN(c2ccc(C(=O)N(C)C)cc2)C1)c1cccc2ccccc12.C[C@@H](N[C@H]1CCN(c2ccc(C(=O)O)cc2)C1)c1cccc2ccccc12.Cl.Cl.Cl.S.S.S. The van der Waals surface area contributed by atoms with Crippen molar-refractivity contribution in [3.8, 4) is 0 Å². The summed E-state index contributed by atoms with van der Waals surface area (Å²) in [5.74, 6) is -0.840. The third kappa shape index (κ3) is 20.9. The number of hydrogen-bond acceptors (Lipinski definition) is 10. The van der Waals surface area contributed by atoms with Gasteiger partial charge in [-0.1, -0.05) is 127 Å². The van der Waals surface area contributed by atoms with Gasteiger partial charge in [0.05, 0.1) is 5.56 Å². The minimum Gasteiger partial charge on any atom is -0.478 e. The van der Waals surface area contributed by atoms with Gasteiger partial charge in [-0.05, 0) is 188 Å². The Morgan fingerprint density at radius 1 is 0.435 bits per heavy atom. The molecular formula is C73H92Cl4N8O4S3. The number of anilines is 3. The number of halogens is 4. The molecule has 494 valence electrons. The minimum atomic E-state index is -0.883. The molecule has 0 aliphatic carbocycles. The number of hydrogen-bond donors (Lipinski definition) is 5. The minimum absolute atomic E-state index is 0. The molecule has 3 aliphatic rings. The molecule has 12 rings (SSSR count). The highest BCUT2D eigenvalue weighted by Gasteiger charge is 2.28. The molecule has 9 aromatic carbocycles. The number of aromatic carboxylic acids is 1. The molecule has 19 heteroatoms. The Hall–Kier alpha value is -6.18. The van der Waals surface area contributed by atoms with Crippen LogP contribution in [0.5, 0.6) is 0 Å². The fourth-order valence-electron chi connectivity index (χ4n) is 12.3. The first-order valence-corrected chi connectivity index (χ1v) is 30.5. The molecule has 1 amide bonds. The second kappa shape index (κ2) is 38.9. The summed E-state index contributed by atoms with van der Waals surface area (Å²) >= 11 is 5.53. The van der Waals surface area contributed by atoms with Gasteiger partial charge < -0.3 is 46.0 Å². The predicted octanol–water partition coefficient (Wildman–Crippen LogP) is 15.5. The van der Waals surface area contributed by atoms with Gasteiger partial charge in [-0.25, -0.2) is 4.79 Å². The summed E-state index contributed by atoms with van der Waals surface area (Å²) in [5.41, 5.74) is 9.04. The van der Waals surface area contributed by atoms with E-state index in [1.54, 1.807) is 43.3 Å². The van der Waals surface area contributed by atoms with Crippen LogP contribution in [0.4, 0.5) is 17.1 Å². The highest BCUT2D eigenvalue weighted by molar-refractivity contribution is 7.59. The fraction of sp³-hybridized carbons (Fsp3) is 0.301. The summed E-state index contributed by atoms with van der Waals surface area (Å²) in [6, 6.07) is 70.1. The molecule has 3 fully saturated rings. The first-order valence-electron chi connectivity index (χ1n) is 30.2. The number of carbonyl (C=O) groups excluding carboxylic acids is 2. The number of carbonyl (C=O) groups is 3. The van der Waals surface area contributed by atoms with E-state index in [4.69, 9.17) is 16.7 Å². The van der Waals surface area contributed by atoms with Crippen molar-refractivity contribution in [2.45, 2.75) is 76.3 Å². The van der Waals surface area contributed by atoms with E-state index in [9.17, 15) is 14.4 Å². The maximum Gasteiger partial charge on any atom is 0.335 e. The van der Waals surface area contributed by atoms with Crippen LogP contribution in [0.3, 0.4) is 0 Å². The Labute approximate surface area is 589 Å². The topological polar surface area (TPSA) is 133 Å². The maximum absolute atomic E-state index is 12.1. The Bertz CT molecular complexity index is 3550. The van der Waals surface area contributed by atoms with Crippen LogP contribution in [-0.2, 0) is 0 Å². The molecule has 0 saturated carbocycles. The smallest absolute Gasteiger partial charge is 0.335 e. The van der Waals surface area contributed by atoms with Crippen LogP contribution in [0, 0.1) is 0 Å². The van der Waals surface area contributed by atoms with Gasteiger partial charge in [0.2, 0.25) is 0 Å². The molecule has 6 atom stereocenters.